The zero-order valence-electron chi connectivity index (χ0n) is 18.4. The number of Topliss-reactive ketones (excluding diaryl/α,β-unsaturated/α-hetero) is 1. The molecule has 3 aromatic rings. The molecule has 0 bridgehead atoms. The Bertz CT molecular complexity index is 1240. The van der Waals surface area contributed by atoms with Crippen LogP contribution in [0, 0.1) is 12.7 Å². The SMILES string of the molecule is Cc1cc(O)c(CN2CCCC[C@H]2c2cccnc2)c2c1C(=O)/C(=C/c1ccccc1F)O2. The van der Waals surface area contributed by atoms with Crippen molar-refractivity contribution in [1.29, 1.82) is 0 Å². The number of aromatic hydroxyl groups is 1. The summed E-state index contributed by atoms with van der Waals surface area (Å²) in [6.45, 7) is 3.08. The van der Waals surface area contributed by atoms with Crippen molar-refractivity contribution in [2.24, 2.45) is 0 Å². The summed E-state index contributed by atoms with van der Waals surface area (Å²) < 4.78 is 20.2. The molecule has 1 atom stereocenters. The number of hydrogen-bond acceptors (Lipinski definition) is 5. The molecule has 168 valence electrons. The first-order valence-electron chi connectivity index (χ1n) is 11.2. The van der Waals surface area contributed by atoms with Crippen molar-refractivity contribution >= 4 is 11.9 Å². The van der Waals surface area contributed by atoms with Crippen LogP contribution in [-0.2, 0) is 6.54 Å². The van der Waals surface area contributed by atoms with Gasteiger partial charge in [-0.05, 0) is 61.7 Å². The van der Waals surface area contributed by atoms with Gasteiger partial charge in [-0.2, -0.15) is 0 Å². The molecule has 0 saturated carbocycles. The Morgan fingerprint density at radius 3 is 2.88 bits per heavy atom. The summed E-state index contributed by atoms with van der Waals surface area (Å²) in [4.78, 5) is 19.7. The zero-order valence-corrected chi connectivity index (χ0v) is 18.4. The lowest BCUT2D eigenvalue weighted by atomic mass is 9.94. The lowest BCUT2D eigenvalue weighted by Gasteiger charge is -2.36. The normalized spacial score (nSPS) is 19.5. The van der Waals surface area contributed by atoms with E-state index >= 15 is 0 Å². The van der Waals surface area contributed by atoms with Crippen molar-refractivity contribution in [3.63, 3.8) is 0 Å². The number of benzene rings is 2. The van der Waals surface area contributed by atoms with Crippen molar-refractivity contribution in [2.45, 2.75) is 38.8 Å². The zero-order chi connectivity index (χ0) is 22.9. The van der Waals surface area contributed by atoms with E-state index < -0.39 is 5.82 Å². The number of phenolic OH excluding ortho intramolecular Hbond substituents is 1. The van der Waals surface area contributed by atoms with Crippen LogP contribution in [0.1, 0.15) is 57.9 Å². The second-order valence-corrected chi connectivity index (χ2v) is 8.62. The maximum absolute atomic E-state index is 14.2. The van der Waals surface area contributed by atoms with Gasteiger partial charge in [0, 0.05) is 30.5 Å². The molecule has 2 aliphatic rings. The molecule has 0 unspecified atom stereocenters. The van der Waals surface area contributed by atoms with Crippen molar-refractivity contribution < 1.29 is 19.0 Å². The van der Waals surface area contributed by atoms with Crippen molar-refractivity contribution in [1.82, 2.24) is 9.88 Å². The smallest absolute Gasteiger partial charge is 0.232 e. The Labute approximate surface area is 192 Å². The average Bonchev–Trinajstić information content (AvgIpc) is 3.15. The number of phenols is 1. The van der Waals surface area contributed by atoms with Gasteiger partial charge in [-0.25, -0.2) is 4.39 Å². The minimum atomic E-state index is -0.426. The van der Waals surface area contributed by atoms with Gasteiger partial charge < -0.3 is 9.84 Å². The summed E-state index contributed by atoms with van der Waals surface area (Å²) in [5.74, 6) is -0.191. The second-order valence-electron chi connectivity index (χ2n) is 8.62. The first-order valence-corrected chi connectivity index (χ1v) is 11.2. The van der Waals surface area contributed by atoms with Gasteiger partial charge in [-0.3, -0.25) is 14.7 Å². The quantitative estimate of drug-likeness (QED) is 0.533. The van der Waals surface area contributed by atoms with Gasteiger partial charge in [0.1, 0.15) is 17.3 Å². The molecule has 2 aromatic carbocycles. The van der Waals surface area contributed by atoms with Gasteiger partial charge in [0.25, 0.3) is 0 Å². The van der Waals surface area contributed by atoms with E-state index in [1.807, 2.05) is 12.3 Å². The van der Waals surface area contributed by atoms with Crippen LogP contribution in [0.3, 0.4) is 0 Å². The summed E-state index contributed by atoms with van der Waals surface area (Å²) in [7, 11) is 0. The number of piperidine rings is 1. The van der Waals surface area contributed by atoms with E-state index in [1.54, 1.807) is 37.4 Å². The van der Waals surface area contributed by atoms with Crippen LogP contribution in [-0.4, -0.2) is 27.3 Å². The van der Waals surface area contributed by atoms with Crippen molar-refractivity contribution in [3.8, 4) is 11.5 Å². The van der Waals surface area contributed by atoms with Crippen LogP contribution in [0.4, 0.5) is 4.39 Å². The predicted octanol–water partition coefficient (Wildman–Crippen LogP) is 5.58. The third-order valence-corrected chi connectivity index (χ3v) is 6.46. The summed E-state index contributed by atoms with van der Waals surface area (Å²) >= 11 is 0. The van der Waals surface area contributed by atoms with E-state index in [1.165, 1.54) is 12.1 Å². The number of ketones is 1. The minimum Gasteiger partial charge on any atom is -0.507 e. The summed E-state index contributed by atoms with van der Waals surface area (Å²) in [6.07, 6.45) is 8.26. The number of rotatable bonds is 4. The van der Waals surface area contributed by atoms with E-state index in [-0.39, 0.29) is 28.9 Å². The molecule has 1 saturated heterocycles. The number of carbonyl (C=O) groups excluding carboxylic acids is 1. The van der Waals surface area contributed by atoms with Crippen LogP contribution < -0.4 is 4.74 Å². The lowest BCUT2D eigenvalue weighted by Crippen LogP contribution is -2.33. The first-order chi connectivity index (χ1) is 16.0. The van der Waals surface area contributed by atoms with E-state index in [0.29, 0.717) is 29.0 Å². The van der Waals surface area contributed by atoms with Crippen LogP contribution in [0.25, 0.3) is 6.08 Å². The van der Waals surface area contributed by atoms with Gasteiger partial charge in [-0.15, -0.1) is 0 Å². The molecule has 1 aromatic heterocycles. The fourth-order valence-electron chi connectivity index (χ4n) is 4.80. The largest absolute Gasteiger partial charge is 0.507 e. The van der Waals surface area contributed by atoms with Crippen molar-refractivity contribution in [2.75, 3.05) is 6.54 Å². The molecule has 0 aliphatic carbocycles. The molecule has 0 amide bonds. The monoisotopic (exact) mass is 444 g/mol. The van der Waals surface area contributed by atoms with E-state index in [0.717, 1.165) is 31.4 Å². The fraction of sp³-hybridized carbons (Fsp3) is 0.259. The van der Waals surface area contributed by atoms with E-state index in [9.17, 15) is 14.3 Å². The Morgan fingerprint density at radius 1 is 1.24 bits per heavy atom. The van der Waals surface area contributed by atoms with Gasteiger partial charge in [0.2, 0.25) is 5.78 Å². The Kier molecular flexibility index (Phi) is 5.68. The molecule has 1 N–H and O–H groups in total. The van der Waals surface area contributed by atoms with Crippen LogP contribution in [0.15, 0.2) is 60.6 Å². The third kappa shape index (κ3) is 4.02. The van der Waals surface area contributed by atoms with Gasteiger partial charge >= 0.3 is 0 Å². The molecule has 2 aliphatic heterocycles. The molecule has 1 fully saturated rings. The number of allylic oxidation sites excluding steroid dienone is 1. The number of pyridine rings is 1. The number of hydrogen-bond donors (Lipinski definition) is 1. The maximum atomic E-state index is 14.2. The second kappa shape index (κ2) is 8.79. The van der Waals surface area contributed by atoms with Gasteiger partial charge in [-0.1, -0.05) is 30.7 Å². The van der Waals surface area contributed by atoms with Crippen LogP contribution in [0.2, 0.25) is 0 Å². The van der Waals surface area contributed by atoms with E-state index in [2.05, 4.69) is 16.0 Å². The highest BCUT2D eigenvalue weighted by atomic mass is 19.1. The van der Waals surface area contributed by atoms with Gasteiger partial charge in [0.05, 0.1) is 11.1 Å². The van der Waals surface area contributed by atoms with E-state index in [4.69, 9.17) is 4.74 Å². The number of aryl methyl sites for hydroxylation is 1. The lowest BCUT2D eigenvalue weighted by molar-refractivity contribution is 0.101. The number of halogens is 1. The van der Waals surface area contributed by atoms with Crippen LogP contribution >= 0.6 is 0 Å². The maximum Gasteiger partial charge on any atom is 0.232 e. The molecule has 5 nitrogen and oxygen atoms in total. The first kappa shape index (κ1) is 21.3. The average molecular weight is 445 g/mol. The highest BCUT2D eigenvalue weighted by Crippen LogP contribution is 2.44. The number of nitrogens with zero attached hydrogens (tertiary/aromatic N) is 2. The number of ether oxygens (including phenoxy) is 1. The Balaban J connectivity index is 1.51. The fourth-order valence-corrected chi connectivity index (χ4v) is 4.80. The predicted molar refractivity (Wildman–Crippen MR) is 123 cm³/mol. The minimum absolute atomic E-state index is 0.0625. The topological polar surface area (TPSA) is 62.7 Å². The molecule has 33 heavy (non-hydrogen) atoms. The standard InChI is InChI=1S/C27H25FN2O3/c1-17-13-23(31)20(16-30-12-5-4-10-22(30)19-8-6-11-29-15-19)27-25(17)26(32)24(33-27)14-18-7-2-3-9-21(18)28/h2-3,6-9,11,13-15,22,31H,4-5,10,12,16H2,1H3/b24-14-/t22-/m0/s1. The molecular weight excluding hydrogens is 419 g/mol. The molecular formula is C27H25FN2O3. The molecule has 0 radical (unpaired) electrons. The molecule has 5 rings (SSSR count). The number of likely N-dealkylation sites (tertiary alicyclic amines) is 1. The van der Waals surface area contributed by atoms with Gasteiger partial charge in [0.15, 0.2) is 5.76 Å². The number of aromatic nitrogens is 1. The Morgan fingerprint density at radius 2 is 2.09 bits per heavy atom. The molecule has 0 spiro atoms. The third-order valence-electron chi connectivity index (χ3n) is 6.46. The molecule has 3 heterocycles. The summed E-state index contributed by atoms with van der Waals surface area (Å²) in [5.41, 5.74) is 3.06. The highest BCUT2D eigenvalue weighted by molar-refractivity contribution is 6.15. The number of carbonyl (C=O) groups is 1. The summed E-state index contributed by atoms with van der Waals surface area (Å²) in [6, 6.07) is 12.0. The number of fused-ring (bicyclic) bond motifs is 1. The highest BCUT2D eigenvalue weighted by Gasteiger charge is 2.35. The van der Waals surface area contributed by atoms with Crippen molar-refractivity contribution in [3.05, 3.63) is 94.3 Å². The summed E-state index contributed by atoms with van der Waals surface area (Å²) in [5, 5.41) is 10.8. The van der Waals surface area contributed by atoms with Crippen LogP contribution in [0.5, 0.6) is 11.5 Å². The molecule has 6 heteroatoms. The Hall–Kier alpha value is -3.51.